The second-order valence-electron chi connectivity index (χ2n) is 2.71. The summed E-state index contributed by atoms with van der Waals surface area (Å²) in [5.41, 5.74) is 2.48. The molecule has 2 aromatic heterocycles. The van der Waals surface area contributed by atoms with E-state index < -0.39 is 0 Å². The van der Waals surface area contributed by atoms with Crippen LogP contribution >= 0.6 is 11.8 Å². The number of hydrazine groups is 1. The van der Waals surface area contributed by atoms with Crippen LogP contribution in [0.4, 0.5) is 5.82 Å². The molecule has 0 spiro atoms. The second kappa shape index (κ2) is 4.24. The Balaban J connectivity index is 2.21. The first kappa shape index (κ1) is 9.87. The van der Waals surface area contributed by atoms with Crippen molar-refractivity contribution in [2.45, 2.75) is 10.1 Å². The lowest BCUT2D eigenvalue weighted by Crippen LogP contribution is -2.08. The van der Waals surface area contributed by atoms with Crippen molar-refractivity contribution in [2.24, 2.45) is 12.9 Å². The minimum atomic E-state index is 0.607. The molecule has 0 saturated carbocycles. The normalized spacial score (nSPS) is 10.3. The van der Waals surface area contributed by atoms with Gasteiger partial charge in [-0.25, -0.2) is 15.5 Å². The lowest BCUT2D eigenvalue weighted by atomic mass is 10.5. The van der Waals surface area contributed by atoms with Crippen LogP contribution in [0.2, 0.25) is 0 Å². The van der Waals surface area contributed by atoms with E-state index >= 15 is 0 Å². The lowest BCUT2D eigenvalue weighted by molar-refractivity contribution is 0.664. The quantitative estimate of drug-likeness (QED) is 0.560. The molecule has 0 amide bonds. The maximum Gasteiger partial charge on any atom is 0.213 e. The first-order valence-electron chi connectivity index (χ1n) is 4.12. The first-order valence-corrected chi connectivity index (χ1v) is 4.94. The Morgan fingerprint density at radius 1 is 1.53 bits per heavy atom. The van der Waals surface area contributed by atoms with Gasteiger partial charge in [0, 0.05) is 18.1 Å². The monoisotopic (exact) mass is 223 g/mol. The van der Waals surface area contributed by atoms with Crippen LogP contribution in [0.1, 0.15) is 0 Å². The smallest absolute Gasteiger partial charge is 0.213 e. The van der Waals surface area contributed by atoms with Crippen molar-refractivity contribution in [1.82, 2.24) is 25.2 Å². The summed E-state index contributed by atoms with van der Waals surface area (Å²) in [6.07, 6.45) is 1.67. The van der Waals surface area contributed by atoms with Gasteiger partial charge in [-0.3, -0.25) is 0 Å². The molecule has 0 radical (unpaired) electrons. The number of nitrogens with one attached hydrogen (secondary N) is 1. The topological polar surface area (TPSA) is 94.5 Å². The molecule has 2 rings (SSSR count). The van der Waals surface area contributed by atoms with Crippen LogP contribution in [0, 0.1) is 0 Å². The Morgan fingerprint density at radius 3 is 3.07 bits per heavy atom. The molecule has 0 aromatic carbocycles. The summed E-state index contributed by atoms with van der Waals surface area (Å²) in [4.78, 5) is 4.97. The van der Waals surface area contributed by atoms with Crippen LogP contribution in [-0.2, 0) is 7.05 Å². The van der Waals surface area contributed by atoms with Crippen molar-refractivity contribution in [2.75, 3.05) is 5.43 Å². The maximum absolute atomic E-state index is 5.25. The van der Waals surface area contributed by atoms with Crippen LogP contribution in [0.15, 0.2) is 28.4 Å². The van der Waals surface area contributed by atoms with E-state index in [1.54, 1.807) is 17.9 Å². The predicted octanol–water partition coefficient (Wildman–Crippen LogP) is 0.0419. The summed E-state index contributed by atoms with van der Waals surface area (Å²) in [6, 6.07) is 3.68. The van der Waals surface area contributed by atoms with E-state index in [0.717, 1.165) is 4.90 Å². The van der Waals surface area contributed by atoms with E-state index in [9.17, 15) is 0 Å². The Kier molecular flexibility index (Phi) is 2.79. The van der Waals surface area contributed by atoms with Crippen molar-refractivity contribution >= 4 is 17.6 Å². The van der Waals surface area contributed by atoms with Crippen molar-refractivity contribution in [3.63, 3.8) is 0 Å². The fourth-order valence-electron chi connectivity index (χ4n) is 0.967. The number of hydrogen-bond donors (Lipinski definition) is 2. The molecular weight excluding hydrogens is 214 g/mol. The number of tetrazole rings is 1. The van der Waals surface area contributed by atoms with Gasteiger partial charge in [-0.1, -0.05) is 0 Å². The molecule has 0 atom stereocenters. The fraction of sp³-hybridized carbons (Fsp3) is 0.143. The minimum absolute atomic E-state index is 0.607. The number of rotatable bonds is 3. The van der Waals surface area contributed by atoms with Gasteiger partial charge in [0.25, 0.3) is 0 Å². The molecule has 3 N–H and O–H groups in total. The zero-order chi connectivity index (χ0) is 10.7. The third-order valence-electron chi connectivity index (χ3n) is 1.67. The summed E-state index contributed by atoms with van der Waals surface area (Å²) >= 11 is 1.44. The molecule has 0 aliphatic rings. The molecule has 0 fully saturated rings. The lowest BCUT2D eigenvalue weighted by Gasteiger charge is -2.01. The number of nitrogens with two attached hydrogens (primary N) is 1. The molecule has 0 unspecified atom stereocenters. The van der Waals surface area contributed by atoms with Gasteiger partial charge in [0.15, 0.2) is 0 Å². The number of anilines is 1. The molecule has 2 heterocycles. The van der Waals surface area contributed by atoms with Gasteiger partial charge in [0.05, 0.1) is 0 Å². The number of aryl methyl sites for hydroxylation is 1. The van der Waals surface area contributed by atoms with E-state index in [-0.39, 0.29) is 0 Å². The molecular formula is C7H9N7S. The van der Waals surface area contributed by atoms with Gasteiger partial charge in [0.1, 0.15) is 5.82 Å². The Bertz CT molecular complexity index is 454. The Morgan fingerprint density at radius 2 is 2.40 bits per heavy atom. The third kappa shape index (κ3) is 2.22. The van der Waals surface area contributed by atoms with Crippen LogP contribution in [0.25, 0.3) is 0 Å². The van der Waals surface area contributed by atoms with Crippen LogP contribution in [0.3, 0.4) is 0 Å². The number of pyridine rings is 1. The van der Waals surface area contributed by atoms with Crippen LogP contribution in [-0.4, -0.2) is 25.2 Å². The fourth-order valence-corrected chi connectivity index (χ4v) is 1.72. The maximum atomic E-state index is 5.25. The van der Waals surface area contributed by atoms with Gasteiger partial charge in [0.2, 0.25) is 5.16 Å². The summed E-state index contributed by atoms with van der Waals surface area (Å²) in [7, 11) is 1.78. The highest BCUT2D eigenvalue weighted by atomic mass is 32.2. The average molecular weight is 223 g/mol. The largest absolute Gasteiger partial charge is 0.308 e. The van der Waals surface area contributed by atoms with E-state index in [1.807, 2.05) is 12.1 Å². The predicted molar refractivity (Wildman–Crippen MR) is 55.0 cm³/mol. The van der Waals surface area contributed by atoms with Crippen LogP contribution < -0.4 is 11.3 Å². The summed E-state index contributed by atoms with van der Waals surface area (Å²) in [5.74, 6) is 5.86. The first-order chi connectivity index (χ1) is 7.29. The Labute approximate surface area is 90.0 Å². The van der Waals surface area contributed by atoms with Crippen molar-refractivity contribution in [1.29, 1.82) is 0 Å². The van der Waals surface area contributed by atoms with E-state index in [1.165, 1.54) is 11.8 Å². The van der Waals surface area contributed by atoms with Gasteiger partial charge in [-0.05, 0) is 34.3 Å². The zero-order valence-corrected chi connectivity index (χ0v) is 8.77. The SMILES string of the molecule is Cn1nnnc1Sc1ccnc(NN)c1. The Hall–Kier alpha value is -1.67. The average Bonchev–Trinajstić information content (AvgIpc) is 2.65. The molecule has 7 nitrogen and oxygen atoms in total. The molecule has 0 saturated heterocycles. The second-order valence-corrected chi connectivity index (χ2v) is 3.75. The molecule has 2 aromatic rings. The molecule has 0 aliphatic carbocycles. The molecule has 15 heavy (non-hydrogen) atoms. The highest BCUT2D eigenvalue weighted by Gasteiger charge is 2.05. The van der Waals surface area contributed by atoms with E-state index in [4.69, 9.17) is 5.84 Å². The standard InChI is InChI=1S/C7H9N7S/c1-14-7(11-12-13-14)15-5-2-3-9-6(4-5)10-8/h2-4H,8H2,1H3,(H,9,10). The number of aromatic nitrogens is 5. The van der Waals surface area contributed by atoms with E-state index in [0.29, 0.717) is 11.0 Å². The highest BCUT2D eigenvalue weighted by Crippen LogP contribution is 2.25. The number of nitrogens with zero attached hydrogens (tertiary/aromatic N) is 5. The third-order valence-corrected chi connectivity index (χ3v) is 2.69. The number of nitrogen functional groups attached to an aromatic ring is 1. The van der Waals surface area contributed by atoms with Gasteiger partial charge < -0.3 is 5.43 Å². The van der Waals surface area contributed by atoms with E-state index in [2.05, 4.69) is 25.9 Å². The summed E-state index contributed by atoms with van der Waals surface area (Å²) in [6.45, 7) is 0. The van der Waals surface area contributed by atoms with Gasteiger partial charge >= 0.3 is 0 Å². The molecule has 0 aliphatic heterocycles. The molecule has 8 heteroatoms. The molecule has 78 valence electrons. The molecule has 0 bridgehead atoms. The van der Waals surface area contributed by atoms with Crippen molar-refractivity contribution in [3.05, 3.63) is 18.3 Å². The number of hydrogen-bond acceptors (Lipinski definition) is 7. The van der Waals surface area contributed by atoms with Gasteiger partial charge in [-0.15, -0.1) is 5.10 Å². The van der Waals surface area contributed by atoms with Crippen molar-refractivity contribution < 1.29 is 0 Å². The zero-order valence-electron chi connectivity index (χ0n) is 7.95. The summed E-state index contributed by atoms with van der Waals surface area (Å²) < 4.78 is 1.60. The summed E-state index contributed by atoms with van der Waals surface area (Å²) in [5, 5.41) is 11.9. The van der Waals surface area contributed by atoms with Gasteiger partial charge in [-0.2, -0.15) is 0 Å². The van der Waals surface area contributed by atoms with Crippen LogP contribution in [0.5, 0.6) is 0 Å². The minimum Gasteiger partial charge on any atom is -0.308 e. The van der Waals surface area contributed by atoms with Crippen molar-refractivity contribution in [3.8, 4) is 0 Å². The highest BCUT2D eigenvalue weighted by molar-refractivity contribution is 7.99.